The third kappa shape index (κ3) is 22.9. The fourth-order valence-electron chi connectivity index (χ4n) is 3.15. The standard InChI is InChI=1S/C24H53NO4P/c1-5-6-7-8-9-10-11-12-13-14-15-16-17-18-20-27-21-19-22-28-30-29-23-24(26)25(2,3)4/h24,26,30H,5-23H2,1-4H3/q+1. The Bertz CT molecular complexity index is 340. The van der Waals surface area contributed by atoms with Crippen LogP contribution < -0.4 is 0 Å². The zero-order chi connectivity index (χ0) is 22.3. The number of ether oxygens (including phenoxy) is 1. The van der Waals surface area contributed by atoms with Crippen molar-refractivity contribution in [2.45, 2.75) is 109 Å². The normalized spacial score (nSPS) is 13.5. The molecule has 0 amide bonds. The summed E-state index contributed by atoms with van der Waals surface area (Å²) in [4.78, 5) is 0. The molecule has 0 aliphatic carbocycles. The quantitative estimate of drug-likeness (QED) is 0.0795. The molecule has 0 aromatic rings. The Kier molecular flexibility index (Phi) is 22.6. The highest BCUT2D eigenvalue weighted by Gasteiger charge is 2.20. The van der Waals surface area contributed by atoms with Crippen molar-refractivity contribution < 1.29 is 23.4 Å². The molecule has 0 aliphatic heterocycles. The predicted molar refractivity (Wildman–Crippen MR) is 130 cm³/mol. The summed E-state index contributed by atoms with van der Waals surface area (Å²) >= 11 is 0. The Labute approximate surface area is 189 Å². The lowest BCUT2D eigenvalue weighted by atomic mass is 10.0. The highest BCUT2D eigenvalue weighted by molar-refractivity contribution is 7.26. The van der Waals surface area contributed by atoms with Crippen LogP contribution in [0.15, 0.2) is 0 Å². The van der Waals surface area contributed by atoms with Gasteiger partial charge >= 0.3 is 0 Å². The van der Waals surface area contributed by atoms with Crippen LogP contribution in [0.4, 0.5) is 0 Å². The van der Waals surface area contributed by atoms with Crippen LogP contribution in [0.5, 0.6) is 0 Å². The number of quaternary nitrogens is 1. The van der Waals surface area contributed by atoms with Crippen LogP contribution in [-0.4, -0.2) is 63.4 Å². The lowest BCUT2D eigenvalue weighted by Gasteiger charge is -2.29. The molecule has 0 radical (unpaired) electrons. The minimum Gasteiger partial charge on any atom is -0.381 e. The molecule has 0 aromatic heterocycles. The maximum Gasteiger partial charge on any atom is 0.214 e. The summed E-state index contributed by atoms with van der Waals surface area (Å²) in [6.07, 6.45) is 19.8. The van der Waals surface area contributed by atoms with E-state index in [2.05, 4.69) is 6.92 Å². The molecule has 0 spiro atoms. The van der Waals surface area contributed by atoms with Crippen LogP contribution in [0.1, 0.15) is 103 Å². The van der Waals surface area contributed by atoms with Crippen LogP contribution in [0.25, 0.3) is 0 Å². The molecule has 0 saturated carbocycles. The zero-order valence-corrected chi connectivity index (χ0v) is 21.6. The number of unbranched alkanes of at least 4 members (excludes halogenated alkanes) is 13. The van der Waals surface area contributed by atoms with Gasteiger partial charge in [0, 0.05) is 13.2 Å². The summed E-state index contributed by atoms with van der Waals surface area (Å²) in [5.41, 5.74) is 0. The number of nitrogens with zero attached hydrogens (tertiary/aromatic N) is 1. The lowest BCUT2D eigenvalue weighted by Crippen LogP contribution is -2.47. The van der Waals surface area contributed by atoms with Gasteiger partial charge in [-0.1, -0.05) is 90.4 Å². The summed E-state index contributed by atoms with van der Waals surface area (Å²) in [5.74, 6) is 0. The molecule has 5 nitrogen and oxygen atoms in total. The molecule has 0 fully saturated rings. The molecule has 2 unspecified atom stereocenters. The van der Waals surface area contributed by atoms with Gasteiger partial charge in [0.05, 0.1) is 27.7 Å². The molecule has 0 bridgehead atoms. The zero-order valence-electron chi connectivity index (χ0n) is 20.6. The summed E-state index contributed by atoms with van der Waals surface area (Å²) in [6, 6.07) is 0. The average Bonchev–Trinajstić information content (AvgIpc) is 2.71. The van der Waals surface area contributed by atoms with Crippen molar-refractivity contribution in [3.8, 4) is 0 Å². The second kappa shape index (κ2) is 22.4. The van der Waals surface area contributed by atoms with Crippen molar-refractivity contribution in [2.24, 2.45) is 0 Å². The fourth-order valence-corrected chi connectivity index (χ4v) is 3.68. The molecule has 6 heteroatoms. The first-order chi connectivity index (χ1) is 14.5. The second-order valence-corrected chi connectivity index (χ2v) is 10.1. The van der Waals surface area contributed by atoms with Gasteiger partial charge in [-0.2, -0.15) is 0 Å². The van der Waals surface area contributed by atoms with Crippen molar-refractivity contribution in [1.29, 1.82) is 0 Å². The van der Waals surface area contributed by atoms with Gasteiger partial charge in [-0.25, -0.2) is 0 Å². The molecule has 2 atom stereocenters. The molecule has 30 heavy (non-hydrogen) atoms. The van der Waals surface area contributed by atoms with E-state index in [9.17, 15) is 5.11 Å². The topological polar surface area (TPSA) is 47.9 Å². The molecule has 1 N–H and O–H groups in total. The number of likely N-dealkylation sites (N-methyl/N-ethyl adjacent to an activating group) is 1. The SMILES string of the molecule is CCCCCCCCCCCCCCCCOCCCOPOCC(O)[N+](C)(C)C. The predicted octanol–water partition coefficient (Wildman–Crippen LogP) is 6.44. The summed E-state index contributed by atoms with van der Waals surface area (Å²) < 4.78 is 16.9. The largest absolute Gasteiger partial charge is 0.381 e. The van der Waals surface area contributed by atoms with E-state index in [4.69, 9.17) is 13.8 Å². The maximum absolute atomic E-state index is 9.83. The van der Waals surface area contributed by atoms with Gasteiger partial charge in [0.2, 0.25) is 6.23 Å². The third-order valence-electron chi connectivity index (χ3n) is 5.42. The van der Waals surface area contributed by atoms with Gasteiger partial charge in [-0.3, -0.25) is 0 Å². The fraction of sp³-hybridized carbons (Fsp3) is 1.00. The van der Waals surface area contributed by atoms with Crippen molar-refractivity contribution in [3.63, 3.8) is 0 Å². The molecular formula is C24H53NO4P+. The Hall–Kier alpha value is 0.230. The summed E-state index contributed by atoms with van der Waals surface area (Å²) in [7, 11) is 5.80. The first-order valence-electron chi connectivity index (χ1n) is 12.5. The van der Waals surface area contributed by atoms with E-state index in [1.165, 1.54) is 89.9 Å². The van der Waals surface area contributed by atoms with E-state index in [-0.39, 0.29) is 9.03 Å². The number of rotatable bonds is 24. The van der Waals surface area contributed by atoms with Crippen molar-refractivity contribution in [1.82, 2.24) is 0 Å². The van der Waals surface area contributed by atoms with Crippen molar-refractivity contribution >= 4 is 9.03 Å². The number of aliphatic hydroxyl groups excluding tert-OH is 1. The molecular weight excluding hydrogens is 397 g/mol. The molecule has 0 saturated heterocycles. The Morgan fingerprint density at radius 1 is 0.633 bits per heavy atom. The van der Waals surface area contributed by atoms with Gasteiger partial charge in [0.15, 0.2) is 9.03 Å². The molecule has 0 aliphatic rings. The van der Waals surface area contributed by atoms with Crippen LogP contribution in [0, 0.1) is 0 Å². The maximum atomic E-state index is 9.83. The van der Waals surface area contributed by atoms with Gasteiger partial charge in [0.25, 0.3) is 0 Å². The van der Waals surface area contributed by atoms with Crippen LogP contribution >= 0.6 is 9.03 Å². The first-order valence-corrected chi connectivity index (χ1v) is 13.4. The molecule has 0 rings (SSSR count). The highest BCUT2D eigenvalue weighted by atomic mass is 31.1. The first kappa shape index (κ1) is 30.2. The summed E-state index contributed by atoms with van der Waals surface area (Å²) in [5, 5.41) is 9.83. The van der Waals surface area contributed by atoms with Gasteiger partial charge < -0.3 is 23.4 Å². The van der Waals surface area contributed by atoms with Crippen LogP contribution in [0.3, 0.4) is 0 Å². The third-order valence-corrected chi connectivity index (χ3v) is 6.03. The lowest BCUT2D eigenvalue weighted by molar-refractivity contribution is -0.918. The van der Waals surface area contributed by atoms with Crippen molar-refractivity contribution in [3.05, 3.63) is 0 Å². The van der Waals surface area contributed by atoms with Crippen LogP contribution in [0.2, 0.25) is 0 Å². The van der Waals surface area contributed by atoms with E-state index in [1.807, 2.05) is 21.1 Å². The Morgan fingerprint density at radius 2 is 1.10 bits per heavy atom. The van der Waals surface area contributed by atoms with E-state index in [1.54, 1.807) is 0 Å². The number of aliphatic hydroxyl groups is 1. The molecule has 0 heterocycles. The van der Waals surface area contributed by atoms with Gasteiger partial charge in [-0.05, 0) is 12.8 Å². The summed E-state index contributed by atoms with van der Waals surface area (Å²) in [6.45, 7) is 4.86. The average molecular weight is 451 g/mol. The van der Waals surface area contributed by atoms with E-state index >= 15 is 0 Å². The monoisotopic (exact) mass is 450 g/mol. The van der Waals surface area contributed by atoms with E-state index in [0.717, 1.165) is 19.6 Å². The Balaban J connectivity index is 3.08. The second-order valence-electron chi connectivity index (χ2n) is 9.40. The minimum atomic E-state index is -0.519. The minimum absolute atomic E-state index is 0.0109. The number of hydrogen-bond donors (Lipinski definition) is 1. The smallest absolute Gasteiger partial charge is 0.214 e. The van der Waals surface area contributed by atoms with Crippen molar-refractivity contribution in [2.75, 3.05) is 47.6 Å². The molecule has 0 aromatic carbocycles. The molecule has 182 valence electrons. The van der Waals surface area contributed by atoms with Crippen LogP contribution in [-0.2, 0) is 13.8 Å². The number of hydrogen-bond acceptors (Lipinski definition) is 4. The Morgan fingerprint density at radius 3 is 1.60 bits per heavy atom. The van der Waals surface area contributed by atoms with E-state index in [0.29, 0.717) is 17.7 Å². The van der Waals surface area contributed by atoms with E-state index < -0.39 is 6.23 Å². The van der Waals surface area contributed by atoms with Gasteiger partial charge in [0.1, 0.15) is 6.61 Å². The highest BCUT2D eigenvalue weighted by Crippen LogP contribution is 2.16. The van der Waals surface area contributed by atoms with Gasteiger partial charge in [-0.15, -0.1) is 0 Å².